The number of nitrogens with zero attached hydrogens (tertiary/aromatic N) is 1. The highest BCUT2D eigenvalue weighted by Gasteiger charge is 2.18. The van der Waals surface area contributed by atoms with Crippen LogP contribution in [0.5, 0.6) is 0 Å². The molecule has 2 nitrogen and oxygen atoms in total. The van der Waals surface area contributed by atoms with Crippen molar-refractivity contribution in [2.75, 3.05) is 13.2 Å². The molecule has 0 saturated carbocycles. The lowest BCUT2D eigenvalue weighted by molar-refractivity contribution is 0.202. The van der Waals surface area contributed by atoms with Crippen molar-refractivity contribution in [3.63, 3.8) is 0 Å². The topological polar surface area (TPSA) is 23.5 Å². The first kappa shape index (κ1) is 15.0. The van der Waals surface area contributed by atoms with Crippen LogP contribution in [0.2, 0.25) is 0 Å². The van der Waals surface area contributed by atoms with E-state index in [2.05, 4.69) is 23.7 Å². The van der Waals surface area contributed by atoms with Gasteiger partial charge in [-0.05, 0) is 38.4 Å². The minimum Gasteiger partial charge on any atom is -0.384 e. The van der Waals surface area contributed by atoms with Crippen molar-refractivity contribution in [1.82, 2.24) is 4.90 Å². The van der Waals surface area contributed by atoms with Crippen LogP contribution in [0.15, 0.2) is 18.2 Å². The molecule has 1 aliphatic rings. The van der Waals surface area contributed by atoms with Gasteiger partial charge in [-0.3, -0.25) is 4.90 Å². The monoisotopic (exact) mass is 275 g/mol. The van der Waals surface area contributed by atoms with E-state index in [9.17, 15) is 4.39 Å². The number of hydrogen-bond acceptors (Lipinski definition) is 2. The Bertz CT molecular complexity index is 503. The molecule has 1 saturated heterocycles. The van der Waals surface area contributed by atoms with Gasteiger partial charge in [0.05, 0.1) is 0 Å². The molecule has 1 aromatic carbocycles. The fourth-order valence-corrected chi connectivity index (χ4v) is 2.68. The first-order valence-corrected chi connectivity index (χ1v) is 7.33. The Morgan fingerprint density at radius 2 is 2.20 bits per heavy atom. The number of aliphatic hydroxyl groups excluding tert-OH is 1. The highest BCUT2D eigenvalue weighted by molar-refractivity contribution is 5.37. The van der Waals surface area contributed by atoms with E-state index in [1.54, 1.807) is 0 Å². The number of rotatable bonds is 2. The molecule has 0 bridgehead atoms. The van der Waals surface area contributed by atoms with E-state index in [0.717, 1.165) is 12.1 Å². The maximum atomic E-state index is 14.1. The van der Waals surface area contributed by atoms with Gasteiger partial charge in [0.15, 0.2) is 0 Å². The zero-order valence-corrected chi connectivity index (χ0v) is 12.0. The smallest absolute Gasteiger partial charge is 0.128 e. The minimum absolute atomic E-state index is 0.200. The van der Waals surface area contributed by atoms with Crippen molar-refractivity contribution in [2.24, 2.45) is 0 Å². The molecule has 0 aliphatic carbocycles. The summed E-state index contributed by atoms with van der Waals surface area (Å²) >= 11 is 0. The van der Waals surface area contributed by atoms with Gasteiger partial charge >= 0.3 is 0 Å². The van der Waals surface area contributed by atoms with E-state index in [4.69, 9.17) is 5.11 Å². The second-order valence-electron chi connectivity index (χ2n) is 5.43. The Kier molecular flexibility index (Phi) is 5.58. The van der Waals surface area contributed by atoms with Gasteiger partial charge in [-0.15, -0.1) is 0 Å². The Morgan fingerprint density at radius 1 is 1.35 bits per heavy atom. The molecule has 0 amide bonds. The van der Waals surface area contributed by atoms with Crippen molar-refractivity contribution >= 4 is 0 Å². The average molecular weight is 275 g/mol. The van der Waals surface area contributed by atoms with Crippen molar-refractivity contribution in [3.8, 4) is 11.8 Å². The molecule has 1 aromatic rings. The molecule has 1 aliphatic heterocycles. The number of benzene rings is 1. The fraction of sp³-hybridized carbons (Fsp3) is 0.529. The van der Waals surface area contributed by atoms with E-state index in [1.807, 2.05) is 12.1 Å². The second kappa shape index (κ2) is 7.42. The zero-order chi connectivity index (χ0) is 14.4. The standard InChI is InChI=1S/C17H22FNO/c1-14-6-3-2-4-10-19(14)13-16-9-8-15(7-5-11-20)12-17(16)18/h8-9,12,14,20H,2-4,6,10-11,13H2,1H3. The van der Waals surface area contributed by atoms with Crippen LogP contribution in [0.1, 0.15) is 43.7 Å². The molecule has 3 heteroatoms. The first-order chi connectivity index (χ1) is 9.70. The van der Waals surface area contributed by atoms with E-state index >= 15 is 0 Å². The summed E-state index contributed by atoms with van der Waals surface area (Å²) < 4.78 is 14.1. The molecule has 0 aromatic heterocycles. The van der Waals surface area contributed by atoms with Crippen molar-refractivity contribution in [2.45, 2.75) is 45.2 Å². The fourth-order valence-electron chi connectivity index (χ4n) is 2.68. The number of likely N-dealkylation sites (tertiary alicyclic amines) is 1. The quantitative estimate of drug-likeness (QED) is 0.839. The predicted octanol–water partition coefficient (Wildman–Crippen LogP) is 2.93. The third-order valence-electron chi connectivity index (χ3n) is 3.93. The number of hydrogen-bond donors (Lipinski definition) is 1. The lowest BCUT2D eigenvalue weighted by Crippen LogP contribution is -2.32. The normalized spacial score (nSPS) is 20.1. The molecule has 1 heterocycles. The third-order valence-corrected chi connectivity index (χ3v) is 3.93. The Labute approximate surface area is 120 Å². The van der Waals surface area contributed by atoms with Crippen LogP contribution in [-0.4, -0.2) is 29.2 Å². The molecule has 20 heavy (non-hydrogen) atoms. The summed E-state index contributed by atoms with van der Waals surface area (Å²) in [5.41, 5.74) is 1.34. The average Bonchev–Trinajstić information content (AvgIpc) is 2.64. The minimum atomic E-state index is -0.203. The zero-order valence-electron chi connectivity index (χ0n) is 12.0. The summed E-state index contributed by atoms with van der Waals surface area (Å²) in [5.74, 6) is 5.06. The molecule has 108 valence electrons. The largest absolute Gasteiger partial charge is 0.384 e. The lowest BCUT2D eigenvalue weighted by Gasteiger charge is -2.27. The second-order valence-corrected chi connectivity index (χ2v) is 5.43. The Hall–Kier alpha value is -1.37. The van der Waals surface area contributed by atoms with Crippen molar-refractivity contribution in [3.05, 3.63) is 35.1 Å². The maximum absolute atomic E-state index is 14.1. The van der Waals surface area contributed by atoms with Gasteiger partial charge in [-0.2, -0.15) is 0 Å². The maximum Gasteiger partial charge on any atom is 0.128 e. The van der Waals surface area contributed by atoms with E-state index in [-0.39, 0.29) is 12.4 Å². The summed E-state index contributed by atoms with van der Waals surface area (Å²) in [5, 5.41) is 8.65. The van der Waals surface area contributed by atoms with Gasteiger partial charge in [0.2, 0.25) is 0 Å². The molecular formula is C17H22FNO. The van der Waals surface area contributed by atoms with Gasteiger partial charge in [0.1, 0.15) is 12.4 Å². The molecule has 0 spiro atoms. The summed E-state index contributed by atoms with van der Waals surface area (Å²) in [4.78, 5) is 2.37. The van der Waals surface area contributed by atoms with Crippen LogP contribution in [0.25, 0.3) is 0 Å². The van der Waals surface area contributed by atoms with Crippen LogP contribution in [0.3, 0.4) is 0 Å². The number of halogens is 1. The van der Waals surface area contributed by atoms with E-state index < -0.39 is 0 Å². The highest BCUT2D eigenvalue weighted by Crippen LogP contribution is 2.20. The Morgan fingerprint density at radius 3 is 2.95 bits per heavy atom. The van der Waals surface area contributed by atoms with Crippen LogP contribution in [0.4, 0.5) is 4.39 Å². The molecule has 1 unspecified atom stereocenters. The van der Waals surface area contributed by atoms with Crippen molar-refractivity contribution in [1.29, 1.82) is 0 Å². The molecule has 1 N–H and O–H groups in total. The molecule has 2 rings (SSSR count). The predicted molar refractivity (Wildman–Crippen MR) is 78.7 cm³/mol. The summed E-state index contributed by atoms with van der Waals surface area (Å²) in [6.45, 7) is 3.74. The summed E-state index contributed by atoms with van der Waals surface area (Å²) in [7, 11) is 0. The summed E-state index contributed by atoms with van der Waals surface area (Å²) in [6, 6.07) is 5.61. The van der Waals surface area contributed by atoms with E-state index in [1.165, 1.54) is 31.7 Å². The summed E-state index contributed by atoms with van der Waals surface area (Å²) in [6.07, 6.45) is 4.95. The van der Waals surface area contributed by atoms with Crippen LogP contribution in [0, 0.1) is 17.7 Å². The Balaban J connectivity index is 2.08. The third kappa shape index (κ3) is 4.06. The van der Waals surface area contributed by atoms with Gasteiger partial charge < -0.3 is 5.11 Å². The van der Waals surface area contributed by atoms with E-state index in [0.29, 0.717) is 18.2 Å². The number of aliphatic hydroxyl groups is 1. The van der Waals surface area contributed by atoms with Gasteiger partial charge in [0.25, 0.3) is 0 Å². The van der Waals surface area contributed by atoms with Gasteiger partial charge in [0, 0.05) is 23.7 Å². The van der Waals surface area contributed by atoms with Gasteiger partial charge in [-0.1, -0.05) is 30.7 Å². The van der Waals surface area contributed by atoms with Crippen molar-refractivity contribution < 1.29 is 9.50 Å². The molecule has 1 atom stereocenters. The van der Waals surface area contributed by atoms with Gasteiger partial charge in [-0.25, -0.2) is 4.39 Å². The lowest BCUT2D eigenvalue weighted by atomic mass is 10.1. The first-order valence-electron chi connectivity index (χ1n) is 7.33. The van der Waals surface area contributed by atoms with Crippen LogP contribution in [-0.2, 0) is 6.54 Å². The molecule has 1 fully saturated rings. The molecule has 0 radical (unpaired) electrons. The SMILES string of the molecule is CC1CCCCCN1Cc1ccc(C#CCO)cc1F. The van der Waals surface area contributed by atoms with Crippen LogP contribution >= 0.6 is 0 Å². The molecular weight excluding hydrogens is 253 g/mol. The van der Waals surface area contributed by atoms with Crippen LogP contribution < -0.4 is 0 Å². The highest BCUT2D eigenvalue weighted by atomic mass is 19.1.